The number of aryl methyl sites for hydroxylation is 2. The molecule has 78 valence electrons. The second kappa shape index (κ2) is 6.42. The van der Waals surface area contributed by atoms with E-state index in [0.717, 1.165) is 6.42 Å². The van der Waals surface area contributed by atoms with Crippen LogP contribution in [0.3, 0.4) is 0 Å². The molecule has 0 N–H and O–H groups in total. The van der Waals surface area contributed by atoms with E-state index in [0.29, 0.717) is 0 Å². The Morgan fingerprint density at radius 1 is 1.14 bits per heavy atom. The number of benzene rings is 1. The summed E-state index contributed by atoms with van der Waals surface area (Å²) in [6.45, 7) is 14.4. The molecule has 0 saturated carbocycles. The fourth-order valence-electron chi connectivity index (χ4n) is 1.17. The molecule has 0 aliphatic carbocycles. The van der Waals surface area contributed by atoms with Crippen LogP contribution in [0.2, 0.25) is 0 Å². The molecule has 0 heteroatoms. The van der Waals surface area contributed by atoms with Crippen LogP contribution in [0.25, 0.3) is 5.57 Å². The van der Waals surface area contributed by atoms with Crippen molar-refractivity contribution < 1.29 is 0 Å². The summed E-state index contributed by atoms with van der Waals surface area (Å²) in [5.74, 6) is 0. The zero-order valence-corrected chi connectivity index (χ0v) is 10.1. The van der Waals surface area contributed by atoms with Crippen LogP contribution < -0.4 is 0 Å². The van der Waals surface area contributed by atoms with Gasteiger partial charge in [-0.2, -0.15) is 0 Å². The average molecular weight is 190 g/mol. The van der Waals surface area contributed by atoms with Crippen LogP contribution >= 0.6 is 0 Å². The van der Waals surface area contributed by atoms with Gasteiger partial charge in [-0.15, -0.1) is 0 Å². The molecule has 0 nitrogen and oxygen atoms in total. The van der Waals surface area contributed by atoms with E-state index in [2.05, 4.69) is 45.5 Å². The highest BCUT2D eigenvalue weighted by Gasteiger charge is 1.97. The standard InChI is InChI=1S/C12H16.C2H6/c1-5-9(2)12-7-6-10(3)11(4)8-12;1-2/h6-8H,2,5H2,1,3-4H3;1-2H3. The van der Waals surface area contributed by atoms with E-state index in [1.807, 2.05) is 13.8 Å². The second-order valence-corrected chi connectivity index (χ2v) is 3.26. The molecule has 0 fully saturated rings. The van der Waals surface area contributed by atoms with Gasteiger partial charge in [0.2, 0.25) is 0 Å². The van der Waals surface area contributed by atoms with E-state index >= 15 is 0 Å². The highest BCUT2D eigenvalue weighted by Crippen LogP contribution is 2.18. The molecular weight excluding hydrogens is 168 g/mol. The zero-order chi connectivity index (χ0) is 11.1. The normalized spacial score (nSPS) is 8.93. The first kappa shape index (κ1) is 13.0. The van der Waals surface area contributed by atoms with Crippen molar-refractivity contribution in [1.82, 2.24) is 0 Å². The maximum Gasteiger partial charge on any atom is -0.0228 e. The first-order valence-corrected chi connectivity index (χ1v) is 5.40. The molecule has 0 spiro atoms. The maximum atomic E-state index is 4.01. The van der Waals surface area contributed by atoms with Crippen molar-refractivity contribution in [3.05, 3.63) is 41.5 Å². The van der Waals surface area contributed by atoms with Crippen LogP contribution in [0, 0.1) is 13.8 Å². The summed E-state index contributed by atoms with van der Waals surface area (Å²) in [6, 6.07) is 6.51. The van der Waals surface area contributed by atoms with Crippen molar-refractivity contribution in [2.24, 2.45) is 0 Å². The van der Waals surface area contributed by atoms with Gasteiger partial charge in [-0.1, -0.05) is 45.5 Å². The Hall–Kier alpha value is -1.04. The van der Waals surface area contributed by atoms with Crippen molar-refractivity contribution in [2.45, 2.75) is 41.0 Å². The SMILES string of the molecule is C=C(CC)c1ccc(C)c(C)c1.CC. The topological polar surface area (TPSA) is 0 Å². The first-order chi connectivity index (χ1) is 6.65. The van der Waals surface area contributed by atoms with E-state index in [-0.39, 0.29) is 0 Å². The van der Waals surface area contributed by atoms with Crippen LogP contribution in [-0.4, -0.2) is 0 Å². The van der Waals surface area contributed by atoms with Crippen molar-refractivity contribution in [1.29, 1.82) is 0 Å². The molecule has 0 radical (unpaired) electrons. The van der Waals surface area contributed by atoms with Gasteiger partial charge in [0, 0.05) is 0 Å². The van der Waals surface area contributed by atoms with E-state index < -0.39 is 0 Å². The Morgan fingerprint density at radius 2 is 1.71 bits per heavy atom. The van der Waals surface area contributed by atoms with Gasteiger partial charge >= 0.3 is 0 Å². The van der Waals surface area contributed by atoms with Gasteiger partial charge in [0.15, 0.2) is 0 Å². The van der Waals surface area contributed by atoms with Gasteiger partial charge in [-0.25, -0.2) is 0 Å². The lowest BCUT2D eigenvalue weighted by Gasteiger charge is -2.05. The molecule has 1 rings (SSSR count). The number of hydrogen-bond donors (Lipinski definition) is 0. The van der Waals surface area contributed by atoms with Crippen LogP contribution in [0.1, 0.15) is 43.9 Å². The summed E-state index contributed by atoms with van der Waals surface area (Å²) in [5, 5.41) is 0. The molecule has 0 amide bonds. The molecule has 0 aliphatic heterocycles. The number of rotatable bonds is 2. The molecular formula is C14H22. The minimum atomic E-state index is 1.03. The van der Waals surface area contributed by atoms with E-state index in [9.17, 15) is 0 Å². The molecule has 0 saturated heterocycles. The monoisotopic (exact) mass is 190 g/mol. The maximum absolute atomic E-state index is 4.01. The smallest absolute Gasteiger partial charge is 0.0228 e. The third-order valence-electron chi connectivity index (χ3n) is 2.34. The Labute approximate surface area is 88.7 Å². The van der Waals surface area contributed by atoms with Crippen molar-refractivity contribution in [3.8, 4) is 0 Å². The lowest BCUT2D eigenvalue weighted by molar-refractivity contribution is 1.23. The lowest BCUT2D eigenvalue weighted by atomic mass is 10.0. The fraction of sp³-hybridized carbons (Fsp3) is 0.429. The van der Waals surface area contributed by atoms with Crippen LogP contribution in [0.5, 0.6) is 0 Å². The summed E-state index contributed by atoms with van der Waals surface area (Å²) in [7, 11) is 0. The van der Waals surface area contributed by atoms with Crippen molar-refractivity contribution in [2.75, 3.05) is 0 Å². The number of allylic oxidation sites excluding steroid dienone is 1. The van der Waals surface area contributed by atoms with Crippen molar-refractivity contribution >= 4 is 5.57 Å². The molecule has 0 unspecified atom stereocenters. The first-order valence-electron chi connectivity index (χ1n) is 5.40. The molecule has 0 aromatic heterocycles. The Morgan fingerprint density at radius 3 is 2.14 bits per heavy atom. The predicted molar refractivity (Wildman–Crippen MR) is 66.6 cm³/mol. The largest absolute Gasteiger partial charge is 0.0952 e. The zero-order valence-electron chi connectivity index (χ0n) is 10.1. The fourth-order valence-corrected chi connectivity index (χ4v) is 1.17. The quantitative estimate of drug-likeness (QED) is 0.631. The summed E-state index contributed by atoms with van der Waals surface area (Å²) in [4.78, 5) is 0. The molecule has 0 aliphatic rings. The van der Waals surface area contributed by atoms with E-state index in [4.69, 9.17) is 0 Å². The van der Waals surface area contributed by atoms with Gasteiger partial charge in [0.05, 0.1) is 0 Å². The van der Waals surface area contributed by atoms with E-state index in [1.165, 1.54) is 22.3 Å². The van der Waals surface area contributed by atoms with Crippen LogP contribution in [0.4, 0.5) is 0 Å². The minimum absolute atomic E-state index is 1.03. The minimum Gasteiger partial charge on any atom is -0.0952 e. The summed E-state index contributed by atoms with van der Waals surface area (Å²) >= 11 is 0. The molecule has 0 atom stereocenters. The highest BCUT2D eigenvalue weighted by molar-refractivity contribution is 5.64. The Balaban J connectivity index is 0.000000791. The van der Waals surface area contributed by atoms with Gasteiger partial charge in [-0.05, 0) is 42.5 Å². The van der Waals surface area contributed by atoms with Gasteiger partial charge in [0.25, 0.3) is 0 Å². The number of hydrogen-bond acceptors (Lipinski definition) is 0. The Kier molecular flexibility index (Phi) is 5.94. The average Bonchev–Trinajstić information content (AvgIpc) is 2.24. The highest BCUT2D eigenvalue weighted by atomic mass is 14.0. The lowest BCUT2D eigenvalue weighted by Crippen LogP contribution is -1.85. The van der Waals surface area contributed by atoms with Gasteiger partial charge in [0.1, 0.15) is 0 Å². The third kappa shape index (κ3) is 3.37. The molecule has 1 aromatic carbocycles. The second-order valence-electron chi connectivity index (χ2n) is 3.26. The van der Waals surface area contributed by atoms with Crippen LogP contribution in [0.15, 0.2) is 24.8 Å². The Bertz CT molecular complexity index is 295. The predicted octanol–water partition coefficient (Wildman–Crippen LogP) is 4.75. The summed E-state index contributed by atoms with van der Waals surface area (Å²) in [6.07, 6.45) is 1.03. The summed E-state index contributed by atoms with van der Waals surface area (Å²) < 4.78 is 0. The third-order valence-corrected chi connectivity index (χ3v) is 2.34. The molecule has 0 heterocycles. The molecule has 0 bridgehead atoms. The molecule has 14 heavy (non-hydrogen) atoms. The van der Waals surface area contributed by atoms with Crippen molar-refractivity contribution in [3.63, 3.8) is 0 Å². The van der Waals surface area contributed by atoms with Gasteiger partial charge in [-0.3, -0.25) is 0 Å². The van der Waals surface area contributed by atoms with Gasteiger partial charge < -0.3 is 0 Å². The summed E-state index contributed by atoms with van der Waals surface area (Å²) in [5.41, 5.74) is 5.20. The van der Waals surface area contributed by atoms with E-state index in [1.54, 1.807) is 0 Å². The molecule has 1 aromatic rings. The van der Waals surface area contributed by atoms with Crippen LogP contribution in [-0.2, 0) is 0 Å².